The Hall–Kier alpha value is -1.51. The van der Waals surface area contributed by atoms with Crippen LogP contribution in [-0.4, -0.2) is 18.5 Å². The van der Waals surface area contributed by atoms with Crippen molar-refractivity contribution in [2.75, 3.05) is 11.9 Å². The summed E-state index contributed by atoms with van der Waals surface area (Å²) in [5.41, 5.74) is 1.83. The van der Waals surface area contributed by atoms with Crippen molar-refractivity contribution in [1.29, 1.82) is 0 Å². The van der Waals surface area contributed by atoms with E-state index in [1.54, 1.807) is 0 Å². The van der Waals surface area contributed by atoms with Crippen molar-refractivity contribution in [3.05, 3.63) is 29.8 Å². The molecule has 0 fully saturated rings. The van der Waals surface area contributed by atoms with Gasteiger partial charge in [-0.1, -0.05) is 27.7 Å². The highest BCUT2D eigenvalue weighted by Gasteiger charge is 2.21. The Labute approximate surface area is 116 Å². The number of hydrogen-bond acceptors (Lipinski definition) is 2. The number of anilines is 1. The summed E-state index contributed by atoms with van der Waals surface area (Å²) in [5.74, 6) is -0.00975. The van der Waals surface area contributed by atoms with E-state index in [4.69, 9.17) is 0 Å². The van der Waals surface area contributed by atoms with E-state index in [0.29, 0.717) is 5.56 Å². The Bertz CT molecular complexity index is 404. The number of rotatable bonds is 5. The fourth-order valence-corrected chi connectivity index (χ4v) is 1.51. The van der Waals surface area contributed by atoms with Crippen molar-refractivity contribution < 1.29 is 4.79 Å². The predicted octanol–water partition coefficient (Wildman–Crippen LogP) is 3.67. The van der Waals surface area contributed by atoms with E-state index in [-0.39, 0.29) is 17.4 Å². The predicted molar refractivity (Wildman–Crippen MR) is 81.6 cm³/mol. The molecule has 0 aromatic heterocycles. The topological polar surface area (TPSA) is 41.1 Å². The van der Waals surface area contributed by atoms with E-state index in [9.17, 15) is 4.79 Å². The molecule has 0 saturated carbocycles. The van der Waals surface area contributed by atoms with Crippen LogP contribution in [-0.2, 0) is 0 Å². The molecule has 0 spiro atoms. The zero-order valence-corrected chi connectivity index (χ0v) is 12.7. The fourth-order valence-electron chi connectivity index (χ4n) is 1.51. The normalized spacial score (nSPS) is 12.9. The molecule has 2 N–H and O–H groups in total. The Morgan fingerprint density at radius 3 is 2.26 bits per heavy atom. The fraction of sp³-hybridized carbons (Fsp3) is 0.562. The summed E-state index contributed by atoms with van der Waals surface area (Å²) in [5, 5.41) is 6.33. The number of carbonyl (C=O) groups excluding carboxylic acids is 1. The van der Waals surface area contributed by atoms with Gasteiger partial charge in [0.25, 0.3) is 5.91 Å². The molecule has 1 rings (SSSR count). The first-order chi connectivity index (χ1) is 8.84. The molecule has 1 unspecified atom stereocenters. The number of carbonyl (C=O) groups is 1. The average molecular weight is 262 g/mol. The number of amides is 1. The molecule has 0 saturated heterocycles. The SMILES string of the molecule is CCCNc1ccc(C(=O)NC(C)C(C)(C)C)cc1. The van der Waals surface area contributed by atoms with Gasteiger partial charge < -0.3 is 10.6 Å². The number of benzene rings is 1. The summed E-state index contributed by atoms with van der Waals surface area (Å²) in [6.07, 6.45) is 1.09. The molecule has 1 aromatic carbocycles. The first-order valence-corrected chi connectivity index (χ1v) is 6.99. The summed E-state index contributed by atoms with van der Waals surface area (Å²) < 4.78 is 0. The van der Waals surface area contributed by atoms with Crippen molar-refractivity contribution in [3.63, 3.8) is 0 Å². The van der Waals surface area contributed by atoms with Gasteiger partial charge in [0.2, 0.25) is 0 Å². The van der Waals surface area contributed by atoms with Crippen molar-refractivity contribution in [3.8, 4) is 0 Å². The molecule has 1 atom stereocenters. The monoisotopic (exact) mass is 262 g/mol. The highest BCUT2D eigenvalue weighted by Crippen LogP contribution is 2.19. The van der Waals surface area contributed by atoms with Gasteiger partial charge in [-0.15, -0.1) is 0 Å². The molecule has 0 heterocycles. The molecule has 3 nitrogen and oxygen atoms in total. The first-order valence-electron chi connectivity index (χ1n) is 6.99. The van der Waals surface area contributed by atoms with Crippen LogP contribution in [0.3, 0.4) is 0 Å². The highest BCUT2D eigenvalue weighted by atomic mass is 16.1. The first kappa shape index (κ1) is 15.5. The van der Waals surface area contributed by atoms with Crippen LogP contribution < -0.4 is 10.6 Å². The van der Waals surface area contributed by atoms with Crippen molar-refractivity contribution in [2.45, 2.75) is 47.1 Å². The molecular weight excluding hydrogens is 236 g/mol. The van der Waals surface area contributed by atoms with Crippen LogP contribution in [0.2, 0.25) is 0 Å². The third-order valence-corrected chi connectivity index (χ3v) is 3.37. The molecule has 1 aromatic rings. The van der Waals surface area contributed by atoms with E-state index in [1.165, 1.54) is 0 Å². The minimum absolute atomic E-state index is 0.00975. The molecule has 19 heavy (non-hydrogen) atoms. The lowest BCUT2D eigenvalue weighted by Gasteiger charge is -2.28. The molecule has 0 aliphatic heterocycles. The van der Waals surface area contributed by atoms with Gasteiger partial charge in [0.15, 0.2) is 0 Å². The molecule has 106 valence electrons. The standard InChI is InChI=1S/C16H26N2O/c1-6-11-17-14-9-7-13(8-10-14)15(19)18-12(2)16(3,4)5/h7-10,12,17H,6,11H2,1-5H3,(H,18,19). The van der Waals surface area contributed by atoms with E-state index >= 15 is 0 Å². The lowest BCUT2D eigenvalue weighted by atomic mass is 9.88. The van der Waals surface area contributed by atoms with E-state index in [2.05, 4.69) is 38.3 Å². The van der Waals surface area contributed by atoms with Crippen molar-refractivity contribution >= 4 is 11.6 Å². The second kappa shape index (κ2) is 6.60. The van der Waals surface area contributed by atoms with Gasteiger partial charge >= 0.3 is 0 Å². The Balaban J connectivity index is 2.63. The number of hydrogen-bond donors (Lipinski definition) is 2. The third-order valence-electron chi connectivity index (χ3n) is 3.37. The van der Waals surface area contributed by atoms with Crippen molar-refractivity contribution in [1.82, 2.24) is 5.32 Å². The summed E-state index contributed by atoms with van der Waals surface area (Å²) in [4.78, 5) is 12.1. The maximum atomic E-state index is 12.1. The second-order valence-corrected chi connectivity index (χ2v) is 6.07. The zero-order chi connectivity index (χ0) is 14.5. The van der Waals surface area contributed by atoms with Gasteiger partial charge in [-0.05, 0) is 43.0 Å². The Morgan fingerprint density at radius 1 is 1.21 bits per heavy atom. The van der Waals surface area contributed by atoms with Gasteiger partial charge in [-0.3, -0.25) is 4.79 Å². The van der Waals surface area contributed by atoms with Gasteiger partial charge in [0.05, 0.1) is 0 Å². The summed E-state index contributed by atoms with van der Waals surface area (Å²) >= 11 is 0. The lowest BCUT2D eigenvalue weighted by Crippen LogP contribution is -2.41. The summed E-state index contributed by atoms with van der Waals surface area (Å²) in [7, 11) is 0. The van der Waals surface area contributed by atoms with Gasteiger partial charge in [0, 0.05) is 23.8 Å². The Morgan fingerprint density at radius 2 is 1.79 bits per heavy atom. The van der Waals surface area contributed by atoms with Gasteiger partial charge in [-0.2, -0.15) is 0 Å². The molecule has 0 radical (unpaired) electrons. The highest BCUT2D eigenvalue weighted by molar-refractivity contribution is 5.94. The Kier molecular flexibility index (Phi) is 5.40. The van der Waals surface area contributed by atoms with Gasteiger partial charge in [0.1, 0.15) is 0 Å². The van der Waals surface area contributed by atoms with Crippen LogP contribution in [0.25, 0.3) is 0 Å². The largest absolute Gasteiger partial charge is 0.385 e. The van der Waals surface area contributed by atoms with Crippen LogP contribution in [0, 0.1) is 5.41 Å². The molecule has 0 bridgehead atoms. The summed E-state index contributed by atoms with van der Waals surface area (Å²) in [6, 6.07) is 7.77. The minimum Gasteiger partial charge on any atom is -0.385 e. The van der Waals surface area contributed by atoms with Gasteiger partial charge in [-0.25, -0.2) is 0 Å². The second-order valence-electron chi connectivity index (χ2n) is 6.07. The molecular formula is C16H26N2O. The molecule has 3 heteroatoms. The average Bonchev–Trinajstić information content (AvgIpc) is 2.35. The molecule has 0 aliphatic carbocycles. The smallest absolute Gasteiger partial charge is 0.251 e. The van der Waals surface area contributed by atoms with E-state index in [1.807, 2.05) is 31.2 Å². The molecule has 1 amide bonds. The van der Waals surface area contributed by atoms with Crippen LogP contribution >= 0.6 is 0 Å². The quantitative estimate of drug-likeness (QED) is 0.850. The van der Waals surface area contributed by atoms with Crippen LogP contribution in [0.1, 0.15) is 51.4 Å². The van der Waals surface area contributed by atoms with E-state index in [0.717, 1.165) is 18.7 Å². The van der Waals surface area contributed by atoms with Crippen LogP contribution in [0.4, 0.5) is 5.69 Å². The van der Waals surface area contributed by atoms with Crippen LogP contribution in [0.5, 0.6) is 0 Å². The maximum absolute atomic E-state index is 12.1. The van der Waals surface area contributed by atoms with Crippen LogP contribution in [0.15, 0.2) is 24.3 Å². The summed E-state index contributed by atoms with van der Waals surface area (Å²) in [6.45, 7) is 11.5. The third kappa shape index (κ3) is 4.93. The lowest BCUT2D eigenvalue weighted by molar-refractivity contribution is 0.0910. The zero-order valence-electron chi connectivity index (χ0n) is 12.7. The molecule has 0 aliphatic rings. The minimum atomic E-state index is -0.00975. The number of nitrogens with one attached hydrogen (secondary N) is 2. The van der Waals surface area contributed by atoms with Crippen molar-refractivity contribution in [2.24, 2.45) is 5.41 Å². The maximum Gasteiger partial charge on any atom is 0.251 e. The van der Waals surface area contributed by atoms with E-state index < -0.39 is 0 Å².